The smallest absolute Gasteiger partial charge is 0.463 e. The van der Waals surface area contributed by atoms with Gasteiger partial charge in [-0.15, -0.1) is 0 Å². The summed E-state index contributed by atoms with van der Waals surface area (Å²) in [5, 5.41) is 0. The first-order valence-corrected chi connectivity index (χ1v) is 23.7. The van der Waals surface area contributed by atoms with E-state index in [1.54, 1.807) is 41.5 Å². The third-order valence-electron chi connectivity index (χ3n) is 8.80. The van der Waals surface area contributed by atoms with Crippen molar-refractivity contribution in [1.82, 2.24) is 0 Å². The van der Waals surface area contributed by atoms with E-state index in [1.165, 1.54) is 0 Å². The number of hydrogen-bond acceptors (Lipinski definition) is 13. The highest BCUT2D eigenvalue weighted by Crippen LogP contribution is 2.36. The average molecular weight is 887 g/mol. The van der Waals surface area contributed by atoms with Gasteiger partial charge in [-0.3, -0.25) is 18.6 Å². The standard InChI is InChI=1S/C40H72O17P2/c1-33(31-53-38(44)26-23-35(41)39(3,4)54-28-20-16-12-8-10-14-18-22-30-56-59(48,49)50)52-32-34(2)57-40(5,6)36(42)24-25-37(43)51-27-19-15-11-7-9-13-17-21-29-55-58(45,46)47/h23-26,33-34H,7-22,27-32H2,1-6H3,(H2,45,46,47)(H2,48,49,50). The van der Waals surface area contributed by atoms with Crippen LogP contribution in [0.1, 0.15) is 144 Å². The fourth-order valence-electron chi connectivity index (χ4n) is 5.40. The molecule has 0 aromatic carbocycles. The minimum atomic E-state index is -4.39. The molecular weight excluding hydrogens is 814 g/mol. The van der Waals surface area contributed by atoms with E-state index in [4.69, 9.17) is 43.3 Å². The summed E-state index contributed by atoms with van der Waals surface area (Å²) >= 11 is 0. The number of unbranched alkanes of at least 4 members (excludes halogenated alkanes) is 14. The van der Waals surface area contributed by atoms with Crippen molar-refractivity contribution in [2.75, 3.05) is 39.6 Å². The van der Waals surface area contributed by atoms with Gasteiger partial charge in [-0.1, -0.05) is 77.0 Å². The summed E-state index contributed by atoms with van der Waals surface area (Å²) in [6.45, 7) is 10.6. The number of carbonyl (C=O) groups is 4. The van der Waals surface area contributed by atoms with Gasteiger partial charge in [-0.2, -0.15) is 0 Å². The van der Waals surface area contributed by atoms with Gasteiger partial charge in [0.2, 0.25) is 0 Å². The Morgan fingerprint density at radius 3 is 1.31 bits per heavy atom. The fourth-order valence-corrected chi connectivity index (χ4v) is 6.13. The minimum Gasteiger partial charge on any atom is -0.463 e. The number of ketones is 2. The summed E-state index contributed by atoms with van der Waals surface area (Å²) in [5.41, 5.74) is -2.37. The molecule has 2 atom stereocenters. The molecule has 0 spiro atoms. The molecule has 0 fully saturated rings. The molecule has 0 saturated heterocycles. The van der Waals surface area contributed by atoms with Gasteiger partial charge in [0, 0.05) is 18.8 Å². The lowest BCUT2D eigenvalue weighted by Gasteiger charge is -2.27. The molecule has 0 saturated carbocycles. The fraction of sp³-hybridized carbons (Fsp3) is 0.800. The van der Waals surface area contributed by atoms with Crippen LogP contribution in [0.3, 0.4) is 0 Å². The summed E-state index contributed by atoms with van der Waals surface area (Å²) in [6, 6.07) is 0. The Balaban J connectivity index is 4.17. The highest BCUT2D eigenvalue weighted by atomic mass is 31.2. The number of hydrogen-bond donors (Lipinski definition) is 4. The summed E-state index contributed by atoms with van der Waals surface area (Å²) in [5.74, 6) is -2.14. The first kappa shape index (κ1) is 56.9. The third kappa shape index (κ3) is 35.2. The van der Waals surface area contributed by atoms with Crippen LogP contribution < -0.4 is 0 Å². The molecule has 0 aliphatic rings. The quantitative estimate of drug-likeness (QED) is 0.0208. The molecule has 344 valence electrons. The predicted octanol–water partition coefficient (Wildman–Crippen LogP) is 7.17. The number of ether oxygens (including phenoxy) is 5. The number of phosphoric acid groups is 2. The van der Waals surface area contributed by atoms with E-state index in [0.29, 0.717) is 25.9 Å². The van der Waals surface area contributed by atoms with E-state index in [0.717, 1.165) is 108 Å². The number of carbonyl (C=O) groups excluding carboxylic acids is 4. The maximum absolute atomic E-state index is 12.7. The van der Waals surface area contributed by atoms with Crippen molar-refractivity contribution < 1.29 is 80.6 Å². The number of phosphoric ester groups is 2. The molecular formula is C40H72O17P2. The van der Waals surface area contributed by atoms with Gasteiger partial charge >= 0.3 is 27.6 Å². The summed E-state index contributed by atoms with van der Waals surface area (Å²) in [6.07, 6.45) is 17.5. The van der Waals surface area contributed by atoms with Crippen LogP contribution in [0.25, 0.3) is 0 Å². The van der Waals surface area contributed by atoms with Crippen LogP contribution in [-0.4, -0.2) is 106 Å². The summed E-state index contributed by atoms with van der Waals surface area (Å²) in [7, 11) is -8.78. The highest BCUT2D eigenvalue weighted by molar-refractivity contribution is 7.46. The molecule has 0 aliphatic carbocycles. The predicted molar refractivity (Wildman–Crippen MR) is 220 cm³/mol. The second-order valence-corrected chi connectivity index (χ2v) is 17.9. The van der Waals surface area contributed by atoms with Gasteiger partial charge in [0.25, 0.3) is 0 Å². The topological polar surface area (TPSA) is 248 Å². The van der Waals surface area contributed by atoms with E-state index in [-0.39, 0.29) is 38.8 Å². The second-order valence-electron chi connectivity index (χ2n) is 15.4. The Hall–Kier alpha value is -2.14. The van der Waals surface area contributed by atoms with Crippen molar-refractivity contribution in [2.24, 2.45) is 0 Å². The Kier molecular flexibility index (Phi) is 30.5. The first-order chi connectivity index (χ1) is 27.5. The van der Waals surface area contributed by atoms with Gasteiger partial charge in [0.05, 0.1) is 38.6 Å². The Morgan fingerprint density at radius 2 is 0.864 bits per heavy atom. The molecule has 0 aromatic rings. The van der Waals surface area contributed by atoms with Crippen LogP contribution in [0, 0.1) is 0 Å². The van der Waals surface area contributed by atoms with E-state index in [9.17, 15) is 28.3 Å². The van der Waals surface area contributed by atoms with Crippen molar-refractivity contribution >= 4 is 39.2 Å². The molecule has 2 unspecified atom stereocenters. The maximum atomic E-state index is 12.7. The van der Waals surface area contributed by atoms with Crippen molar-refractivity contribution in [3.05, 3.63) is 24.3 Å². The number of esters is 2. The van der Waals surface area contributed by atoms with Crippen LogP contribution >= 0.6 is 15.6 Å². The molecule has 59 heavy (non-hydrogen) atoms. The van der Waals surface area contributed by atoms with Crippen LogP contribution in [-0.2, 0) is 61.0 Å². The number of rotatable bonds is 38. The molecule has 0 rings (SSSR count). The lowest BCUT2D eigenvalue weighted by Crippen LogP contribution is -2.39. The summed E-state index contributed by atoms with van der Waals surface area (Å²) < 4.78 is 57.8. The Bertz CT molecular complexity index is 1350. The normalized spacial score (nSPS) is 13.9. The van der Waals surface area contributed by atoms with Gasteiger partial charge in [0.15, 0.2) is 11.6 Å². The Morgan fingerprint density at radius 1 is 0.492 bits per heavy atom. The monoisotopic (exact) mass is 886 g/mol. The third-order valence-corrected chi connectivity index (χ3v) is 9.84. The van der Waals surface area contributed by atoms with Crippen molar-refractivity contribution in [2.45, 2.75) is 168 Å². The van der Waals surface area contributed by atoms with Gasteiger partial charge in [0.1, 0.15) is 17.8 Å². The zero-order chi connectivity index (χ0) is 44.8. The zero-order valence-electron chi connectivity index (χ0n) is 36.0. The van der Waals surface area contributed by atoms with Crippen LogP contribution in [0.4, 0.5) is 0 Å². The molecule has 0 aliphatic heterocycles. The highest BCUT2D eigenvalue weighted by Gasteiger charge is 2.29. The molecule has 17 nitrogen and oxygen atoms in total. The van der Waals surface area contributed by atoms with Gasteiger partial charge < -0.3 is 43.3 Å². The van der Waals surface area contributed by atoms with Crippen LogP contribution in [0.5, 0.6) is 0 Å². The SMILES string of the molecule is CC(COC(=O)C=CC(=O)C(C)(C)OCCCCCCCCCCOP(=O)(O)O)OCC(C)OC(C)(C)C(=O)C=CC(=O)OCCCCCCCCCCOP(=O)(O)O. The molecule has 4 N–H and O–H groups in total. The van der Waals surface area contributed by atoms with Crippen molar-refractivity contribution in [1.29, 1.82) is 0 Å². The van der Waals surface area contributed by atoms with Crippen molar-refractivity contribution in [3.8, 4) is 0 Å². The second kappa shape index (κ2) is 31.7. The van der Waals surface area contributed by atoms with E-state index in [2.05, 4.69) is 9.05 Å². The molecule has 19 heteroatoms. The zero-order valence-corrected chi connectivity index (χ0v) is 37.8. The van der Waals surface area contributed by atoms with E-state index in [1.807, 2.05) is 0 Å². The van der Waals surface area contributed by atoms with Gasteiger partial charge in [-0.25, -0.2) is 18.7 Å². The molecule has 0 amide bonds. The van der Waals surface area contributed by atoms with E-state index >= 15 is 0 Å². The molecule has 0 heterocycles. The minimum absolute atomic E-state index is 0.0431. The molecule has 0 aromatic heterocycles. The Labute approximate surface area is 350 Å². The molecule has 0 radical (unpaired) electrons. The largest absolute Gasteiger partial charge is 0.469 e. The van der Waals surface area contributed by atoms with E-state index < -0.39 is 56.8 Å². The van der Waals surface area contributed by atoms with Crippen molar-refractivity contribution in [3.63, 3.8) is 0 Å². The summed E-state index contributed by atoms with van der Waals surface area (Å²) in [4.78, 5) is 84.3. The average Bonchev–Trinajstić information content (AvgIpc) is 3.13. The van der Waals surface area contributed by atoms with Gasteiger partial charge in [-0.05, 0) is 79.4 Å². The van der Waals surface area contributed by atoms with Crippen LogP contribution in [0.15, 0.2) is 24.3 Å². The lowest BCUT2D eigenvalue weighted by molar-refractivity contribution is -0.151. The first-order valence-electron chi connectivity index (χ1n) is 20.7. The van der Waals surface area contributed by atoms with Crippen LogP contribution in [0.2, 0.25) is 0 Å². The lowest BCUT2D eigenvalue weighted by atomic mass is 10.0. The maximum Gasteiger partial charge on any atom is 0.469 e. The molecule has 0 bridgehead atoms.